The van der Waals surface area contributed by atoms with E-state index in [0.717, 1.165) is 0 Å². The van der Waals surface area contributed by atoms with Crippen LogP contribution in [-0.4, -0.2) is 6.79 Å². The van der Waals surface area contributed by atoms with Crippen molar-refractivity contribution in [1.82, 2.24) is 0 Å². The molecule has 0 saturated carbocycles. The maximum Gasteiger partial charge on any atom is 0 e. The molecule has 1 nitrogen and oxygen atoms in total. The van der Waals surface area contributed by atoms with Gasteiger partial charge in [-0.3, -0.25) is 6.79 Å². The minimum Gasteiger partial charge on any atom is -0.545 e. The Bertz CT molecular complexity index is 6.00. The summed E-state index contributed by atoms with van der Waals surface area (Å²) in [5.41, 5.74) is 0. The molecule has 0 bridgehead atoms. The van der Waals surface area contributed by atoms with Gasteiger partial charge < -0.3 is 4.79 Å². The van der Waals surface area contributed by atoms with Gasteiger partial charge in [-0.05, 0) is 0 Å². The van der Waals surface area contributed by atoms with E-state index in [4.69, 9.17) is 4.79 Å². The second-order valence-corrected chi connectivity index (χ2v) is 0. The molecule has 0 fully saturated rings. The molecule has 0 aromatic carbocycles. The molecule has 0 aromatic heterocycles. The molecule has 3 heteroatoms. The van der Waals surface area contributed by atoms with E-state index in [1.54, 1.807) is 0 Å². The Balaban J connectivity index is -0.00000000500. The van der Waals surface area contributed by atoms with Crippen LogP contribution in [0.4, 0.5) is 0 Å². The van der Waals surface area contributed by atoms with Crippen LogP contribution in [0.2, 0.25) is 0 Å². The normalized spacial score (nSPS) is 1.00. The van der Waals surface area contributed by atoms with Gasteiger partial charge in [0, 0.05) is 34.1 Å². The third-order valence-electron chi connectivity index (χ3n) is 0. The van der Waals surface area contributed by atoms with Crippen molar-refractivity contribution in [3.05, 3.63) is 0 Å². The Morgan fingerprint density at radius 3 is 1.00 bits per heavy atom. The van der Waals surface area contributed by atoms with Crippen molar-refractivity contribution in [2.75, 3.05) is 0 Å². The van der Waals surface area contributed by atoms with Crippen molar-refractivity contribution in [3.8, 4) is 0 Å². The fourth-order valence-corrected chi connectivity index (χ4v) is 0. The molecule has 0 aliphatic heterocycles. The molecule has 0 spiro atoms. The summed E-state index contributed by atoms with van der Waals surface area (Å²) < 4.78 is 0. The third kappa shape index (κ3) is 15.7. The van der Waals surface area contributed by atoms with Gasteiger partial charge in [0.15, 0.2) is 0 Å². The molecule has 0 atom stereocenters. The Kier molecular flexibility index (Phi) is 300. The Labute approximate surface area is 46.1 Å². The first-order valence-corrected chi connectivity index (χ1v) is 0.236. The summed E-state index contributed by atoms with van der Waals surface area (Å²) in [6.45, 7) is 3.25. The van der Waals surface area contributed by atoms with Gasteiger partial charge in [-0.1, -0.05) is 0 Å². The molecule has 0 aliphatic rings. The van der Waals surface area contributed by atoms with Gasteiger partial charge >= 0.3 is 0 Å². The molecule has 0 rings (SSSR count). The smallest absolute Gasteiger partial charge is 0 e. The van der Waals surface area contributed by atoms with Crippen molar-refractivity contribution >= 4 is 6.79 Å². The molecule has 0 aliphatic carbocycles. The molecule has 4 heavy (non-hydrogen) atoms. The second kappa shape index (κ2) is 54.2. The summed E-state index contributed by atoms with van der Waals surface area (Å²) in [6, 6.07) is 0. The van der Waals surface area contributed by atoms with Gasteiger partial charge in [-0.15, -0.1) is 0 Å². The minimum absolute atomic E-state index is 0. The average molecular weight is 141 g/mol. The van der Waals surface area contributed by atoms with Crippen molar-refractivity contribution in [2.45, 2.75) is 0 Å². The van der Waals surface area contributed by atoms with Crippen LogP contribution >= 0.6 is 0 Å². The van der Waals surface area contributed by atoms with Crippen LogP contribution in [0, 0.1) is 0 Å². The van der Waals surface area contributed by atoms with Crippen LogP contribution in [0.5, 0.6) is 0 Å². The molecule has 0 aromatic rings. The Hall–Kier alpha value is 0.709. The van der Waals surface area contributed by atoms with Gasteiger partial charge in [0.1, 0.15) is 0 Å². The molecule has 28 valence electrons. The quantitative estimate of drug-likeness (QED) is 0.257. The van der Waals surface area contributed by atoms with Gasteiger partial charge in [-0.2, -0.15) is 0 Å². The summed E-state index contributed by atoms with van der Waals surface area (Å²) in [5, 5.41) is 0. The van der Waals surface area contributed by atoms with Crippen LogP contribution in [0.15, 0.2) is 0 Å². The SMILES string of the molecule is [CH-]=O.[Fe].[Fe]. The standard InChI is InChI=1S/CHO.2Fe/c1-2;;/h1H;;/q-1;;. The molecule has 0 radical (unpaired) electrons. The zero-order chi connectivity index (χ0) is 2.00. The van der Waals surface area contributed by atoms with E-state index < -0.39 is 0 Å². The summed E-state index contributed by atoms with van der Waals surface area (Å²) in [4.78, 5) is 7.75. The van der Waals surface area contributed by atoms with Gasteiger partial charge in [0.2, 0.25) is 0 Å². The number of carbonyl (C=O) groups excluding carboxylic acids is 1. The van der Waals surface area contributed by atoms with Crippen molar-refractivity contribution in [1.29, 1.82) is 0 Å². The monoisotopic (exact) mass is 141 g/mol. The van der Waals surface area contributed by atoms with Gasteiger partial charge in [0.25, 0.3) is 0 Å². The number of rotatable bonds is 0. The molecule has 0 heterocycles. The largest absolute Gasteiger partial charge is 0.545 e. The Morgan fingerprint density at radius 2 is 1.00 bits per heavy atom. The molecule has 0 amide bonds. The summed E-state index contributed by atoms with van der Waals surface area (Å²) >= 11 is 0. The maximum atomic E-state index is 7.75. The van der Waals surface area contributed by atoms with E-state index in [1.165, 1.54) is 0 Å². The fourth-order valence-electron chi connectivity index (χ4n) is 0. The first-order valence-electron chi connectivity index (χ1n) is 0.236. The first-order chi connectivity index (χ1) is 1.00. The van der Waals surface area contributed by atoms with Crippen molar-refractivity contribution in [3.63, 3.8) is 0 Å². The van der Waals surface area contributed by atoms with E-state index in [2.05, 4.69) is 6.79 Å². The predicted octanol–water partition coefficient (Wildman–Crippen LogP) is -0.279. The van der Waals surface area contributed by atoms with Crippen LogP contribution in [-0.2, 0) is 38.9 Å². The summed E-state index contributed by atoms with van der Waals surface area (Å²) in [7, 11) is 0. The topological polar surface area (TPSA) is 17.1 Å². The molecule has 0 saturated heterocycles. The molecule has 0 unspecified atom stereocenters. The summed E-state index contributed by atoms with van der Waals surface area (Å²) in [5.74, 6) is 0. The predicted molar refractivity (Wildman–Crippen MR) is 6.75 cm³/mol. The number of hydrogen-bond donors (Lipinski definition) is 0. The minimum atomic E-state index is 0. The van der Waals surface area contributed by atoms with Crippen molar-refractivity contribution in [2.24, 2.45) is 0 Å². The Morgan fingerprint density at radius 1 is 1.00 bits per heavy atom. The fraction of sp³-hybridized carbons (Fsp3) is 0. The van der Waals surface area contributed by atoms with Gasteiger partial charge in [-0.25, -0.2) is 0 Å². The van der Waals surface area contributed by atoms with Crippen LogP contribution in [0.1, 0.15) is 0 Å². The third-order valence-corrected chi connectivity index (χ3v) is 0. The van der Waals surface area contributed by atoms with E-state index >= 15 is 0 Å². The van der Waals surface area contributed by atoms with Gasteiger partial charge in [0.05, 0.1) is 0 Å². The van der Waals surface area contributed by atoms with E-state index in [0.29, 0.717) is 0 Å². The van der Waals surface area contributed by atoms with Crippen molar-refractivity contribution < 1.29 is 38.9 Å². The zero-order valence-corrected chi connectivity index (χ0v) is 3.90. The first kappa shape index (κ1) is 22.2. The van der Waals surface area contributed by atoms with E-state index in [1.807, 2.05) is 0 Å². The maximum absolute atomic E-state index is 7.75. The van der Waals surface area contributed by atoms with E-state index in [9.17, 15) is 0 Å². The average Bonchev–Trinajstić information content (AvgIpc) is 1.00. The van der Waals surface area contributed by atoms with Crippen LogP contribution < -0.4 is 0 Å². The second-order valence-electron chi connectivity index (χ2n) is 0. The number of hydrogen-bond acceptors (Lipinski definition) is 1. The molecular weight excluding hydrogens is 140 g/mol. The molecule has 0 N–H and O–H groups in total. The van der Waals surface area contributed by atoms with E-state index in [-0.39, 0.29) is 34.1 Å². The zero-order valence-electron chi connectivity index (χ0n) is 1.69. The summed E-state index contributed by atoms with van der Waals surface area (Å²) in [6.07, 6.45) is 0. The van der Waals surface area contributed by atoms with Crippen LogP contribution in [0.25, 0.3) is 0 Å². The molecular formula is CHFe2O-. The van der Waals surface area contributed by atoms with Crippen LogP contribution in [0.3, 0.4) is 0 Å².